The van der Waals surface area contributed by atoms with Gasteiger partial charge in [0.1, 0.15) is 5.76 Å². The average Bonchev–Trinajstić information content (AvgIpc) is 3.37. The van der Waals surface area contributed by atoms with Crippen molar-refractivity contribution in [2.75, 3.05) is 25.4 Å². The summed E-state index contributed by atoms with van der Waals surface area (Å²) in [6.07, 6.45) is 4.23. The van der Waals surface area contributed by atoms with Crippen molar-refractivity contribution in [2.24, 2.45) is 0 Å². The monoisotopic (exact) mass is 369 g/mol. The van der Waals surface area contributed by atoms with Crippen LogP contribution >= 0.6 is 0 Å². The summed E-state index contributed by atoms with van der Waals surface area (Å²) in [4.78, 5) is 19.5. The molecule has 1 amide bonds. The van der Waals surface area contributed by atoms with Gasteiger partial charge >= 0.3 is 0 Å². The van der Waals surface area contributed by atoms with Gasteiger partial charge in [0.05, 0.1) is 40.6 Å². The number of rotatable bonds is 4. The van der Waals surface area contributed by atoms with Crippen LogP contribution in [-0.4, -0.2) is 56.2 Å². The predicted octanol–water partition coefficient (Wildman–Crippen LogP) is 1.41. The molecule has 4 heterocycles. The number of nitrogens with one attached hydrogen (secondary N) is 1. The topological polar surface area (TPSA) is 115 Å². The normalized spacial score (nSPS) is 16.9. The summed E-state index contributed by atoms with van der Waals surface area (Å²) in [5, 5.41) is 11.6. The van der Waals surface area contributed by atoms with E-state index >= 15 is 0 Å². The summed E-state index contributed by atoms with van der Waals surface area (Å²) in [6, 6.07) is 0.177. The molecule has 0 spiro atoms. The van der Waals surface area contributed by atoms with Gasteiger partial charge in [-0.15, -0.1) is 0 Å². The van der Waals surface area contributed by atoms with Crippen molar-refractivity contribution in [3.8, 4) is 11.3 Å². The van der Waals surface area contributed by atoms with E-state index in [1.54, 1.807) is 10.7 Å². The van der Waals surface area contributed by atoms with E-state index in [0.717, 1.165) is 30.8 Å². The minimum atomic E-state index is -0.111. The Morgan fingerprint density at radius 1 is 1.48 bits per heavy atom. The summed E-state index contributed by atoms with van der Waals surface area (Å²) < 4.78 is 6.81. The van der Waals surface area contributed by atoms with E-state index in [4.69, 9.17) is 10.3 Å². The maximum Gasteiger partial charge on any atom is 0.258 e. The first-order valence-corrected chi connectivity index (χ1v) is 9.10. The molecule has 0 radical (unpaired) electrons. The van der Waals surface area contributed by atoms with Crippen molar-refractivity contribution in [3.05, 3.63) is 29.4 Å². The second kappa shape index (κ2) is 6.66. The molecule has 27 heavy (non-hydrogen) atoms. The molecule has 1 aliphatic heterocycles. The van der Waals surface area contributed by atoms with Crippen molar-refractivity contribution in [3.63, 3.8) is 0 Å². The van der Waals surface area contributed by atoms with E-state index in [0.29, 0.717) is 34.9 Å². The van der Waals surface area contributed by atoms with Crippen LogP contribution in [0.4, 0.5) is 5.69 Å². The fourth-order valence-corrected chi connectivity index (χ4v) is 3.72. The number of aryl methyl sites for hydroxylation is 2. The number of fused-ring (bicyclic) bond motifs is 1. The highest BCUT2D eigenvalue weighted by molar-refractivity contribution is 6.01. The molecule has 1 aliphatic rings. The summed E-state index contributed by atoms with van der Waals surface area (Å²) in [5.74, 6) is 0.567. The van der Waals surface area contributed by atoms with Gasteiger partial charge in [-0.2, -0.15) is 5.10 Å². The van der Waals surface area contributed by atoms with Crippen LogP contribution in [0, 0.1) is 13.8 Å². The first-order valence-electron chi connectivity index (χ1n) is 9.10. The Labute approximate surface area is 156 Å². The Morgan fingerprint density at radius 3 is 2.93 bits per heavy atom. The van der Waals surface area contributed by atoms with Crippen molar-refractivity contribution in [1.82, 2.24) is 30.0 Å². The van der Waals surface area contributed by atoms with Crippen LogP contribution in [0.2, 0.25) is 0 Å². The Morgan fingerprint density at radius 2 is 2.30 bits per heavy atom. The summed E-state index contributed by atoms with van der Waals surface area (Å²) >= 11 is 0. The number of likely N-dealkylation sites (N-methyl/N-ethyl adjacent to an activating group) is 1. The van der Waals surface area contributed by atoms with E-state index in [9.17, 15) is 4.79 Å². The summed E-state index contributed by atoms with van der Waals surface area (Å²) in [5.41, 5.74) is 9.73. The summed E-state index contributed by atoms with van der Waals surface area (Å²) in [6.45, 7) is 8.01. The van der Waals surface area contributed by atoms with Crippen LogP contribution in [-0.2, 0) is 0 Å². The highest BCUT2D eigenvalue weighted by Crippen LogP contribution is 2.28. The average molecular weight is 369 g/mol. The Hall–Kier alpha value is -2.94. The van der Waals surface area contributed by atoms with Crippen molar-refractivity contribution < 1.29 is 9.32 Å². The van der Waals surface area contributed by atoms with Gasteiger partial charge < -0.3 is 20.5 Å². The number of carbonyl (C=O) groups is 1. The van der Waals surface area contributed by atoms with E-state index < -0.39 is 0 Å². The molecular formula is C18H23N7O2. The van der Waals surface area contributed by atoms with Gasteiger partial charge in [0.2, 0.25) is 0 Å². The molecule has 1 fully saturated rings. The highest BCUT2D eigenvalue weighted by atomic mass is 16.5. The van der Waals surface area contributed by atoms with Crippen molar-refractivity contribution in [2.45, 2.75) is 33.2 Å². The fraction of sp³-hybridized carbons (Fsp3) is 0.444. The second-order valence-electron chi connectivity index (χ2n) is 6.80. The largest absolute Gasteiger partial charge is 0.395 e. The van der Waals surface area contributed by atoms with Crippen molar-refractivity contribution in [1.29, 1.82) is 0 Å². The number of aromatic nitrogens is 4. The predicted molar refractivity (Wildman–Crippen MR) is 100 cm³/mol. The maximum atomic E-state index is 13.1. The first-order chi connectivity index (χ1) is 13.0. The number of carbonyl (C=O) groups excluding carboxylic acids is 1. The standard InChI is InChI=1S/C18H23N7O2/c1-4-24(12-5-6-20-7-12)18(26)13-8-21-25-9-14(22-17(25)16(13)19)15-10(2)23-27-11(15)3/h8-9,12,20H,4-7,19H2,1-3H3. The Balaban J connectivity index is 1.75. The molecule has 142 valence electrons. The lowest BCUT2D eigenvalue weighted by Crippen LogP contribution is -2.41. The van der Waals surface area contributed by atoms with E-state index in [1.165, 1.54) is 6.20 Å². The van der Waals surface area contributed by atoms with Crippen LogP contribution in [0.3, 0.4) is 0 Å². The third-order valence-electron chi connectivity index (χ3n) is 5.13. The number of nitrogens with two attached hydrogens (primary N) is 1. The quantitative estimate of drug-likeness (QED) is 0.714. The number of anilines is 1. The molecule has 3 N–H and O–H groups in total. The van der Waals surface area contributed by atoms with Gasteiger partial charge in [0.15, 0.2) is 5.65 Å². The number of nitrogens with zero attached hydrogens (tertiary/aromatic N) is 5. The molecule has 0 aliphatic carbocycles. The van der Waals surface area contributed by atoms with Crippen LogP contribution in [0.25, 0.3) is 16.9 Å². The molecule has 9 nitrogen and oxygen atoms in total. The smallest absolute Gasteiger partial charge is 0.258 e. The van der Waals surface area contributed by atoms with E-state index in [1.807, 2.05) is 25.7 Å². The third kappa shape index (κ3) is 2.84. The lowest BCUT2D eigenvalue weighted by Gasteiger charge is -2.27. The Bertz CT molecular complexity index is 981. The molecule has 1 saturated heterocycles. The summed E-state index contributed by atoms with van der Waals surface area (Å²) in [7, 11) is 0. The van der Waals surface area contributed by atoms with Gasteiger partial charge in [-0.3, -0.25) is 4.79 Å². The molecule has 1 unspecified atom stereocenters. The lowest BCUT2D eigenvalue weighted by atomic mass is 10.1. The first kappa shape index (κ1) is 17.5. The molecule has 0 bridgehead atoms. The zero-order valence-corrected chi connectivity index (χ0v) is 15.7. The van der Waals surface area contributed by atoms with Gasteiger partial charge in [0, 0.05) is 19.1 Å². The fourth-order valence-electron chi connectivity index (χ4n) is 3.72. The second-order valence-corrected chi connectivity index (χ2v) is 6.80. The highest BCUT2D eigenvalue weighted by Gasteiger charge is 2.28. The molecule has 0 aromatic carbocycles. The Kier molecular flexibility index (Phi) is 4.31. The number of amides is 1. The molecule has 1 atom stereocenters. The molecule has 4 rings (SSSR count). The molecule has 3 aromatic rings. The number of imidazole rings is 1. The molecule has 3 aromatic heterocycles. The molecule has 0 saturated carbocycles. The van der Waals surface area contributed by atoms with E-state index in [-0.39, 0.29) is 11.9 Å². The van der Waals surface area contributed by atoms with Crippen LogP contribution in [0.5, 0.6) is 0 Å². The SMILES string of the molecule is CCN(C(=O)c1cnn2cc(-c3c(C)noc3C)nc2c1N)C1CCNC1. The number of nitrogen functional groups attached to an aromatic ring is 1. The van der Waals surface area contributed by atoms with Crippen LogP contribution in [0.15, 0.2) is 16.9 Å². The van der Waals surface area contributed by atoms with E-state index in [2.05, 4.69) is 20.6 Å². The lowest BCUT2D eigenvalue weighted by molar-refractivity contribution is 0.0704. The third-order valence-corrected chi connectivity index (χ3v) is 5.13. The van der Waals surface area contributed by atoms with Crippen LogP contribution < -0.4 is 11.1 Å². The van der Waals surface area contributed by atoms with Gasteiger partial charge in [-0.05, 0) is 33.7 Å². The van der Waals surface area contributed by atoms with Gasteiger partial charge in [-0.25, -0.2) is 9.50 Å². The number of hydrogen-bond donors (Lipinski definition) is 2. The molecule has 9 heteroatoms. The minimum Gasteiger partial charge on any atom is -0.395 e. The van der Waals surface area contributed by atoms with Crippen molar-refractivity contribution >= 4 is 17.2 Å². The number of hydrogen-bond acceptors (Lipinski definition) is 7. The molecular weight excluding hydrogens is 346 g/mol. The maximum absolute atomic E-state index is 13.1. The van der Waals surface area contributed by atoms with Gasteiger partial charge in [0.25, 0.3) is 5.91 Å². The van der Waals surface area contributed by atoms with Crippen LogP contribution in [0.1, 0.15) is 35.2 Å². The van der Waals surface area contributed by atoms with Gasteiger partial charge in [-0.1, -0.05) is 5.16 Å². The zero-order chi connectivity index (χ0) is 19.1. The minimum absolute atomic E-state index is 0.111. The zero-order valence-electron chi connectivity index (χ0n) is 15.7.